The number of sulfonamides is 1. The molecule has 0 saturated carbocycles. The van der Waals surface area contributed by atoms with Crippen molar-refractivity contribution in [2.24, 2.45) is 5.73 Å². The summed E-state index contributed by atoms with van der Waals surface area (Å²) in [6.07, 6.45) is 3.33. The van der Waals surface area contributed by atoms with E-state index >= 15 is 0 Å². The van der Waals surface area contributed by atoms with Crippen LogP contribution in [0.15, 0.2) is 23.1 Å². The maximum atomic E-state index is 13.2. The second kappa shape index (κ2) is 7.82. The summed E-state index contributed by atoms with van der Waals surface area (Å²) in [6.45, 7) is 3.71. The monoisotopic (exact) mass is 436 g/mol. The summed E-state index contributed by atoms with van der Waals surface area (Å²) < 4.78 is 33.3. The molecule has 0 unspecified atom stereocenters. The number of likely N-dealkylation sites (tertiary alicyclic amines) is 1. The minimum absolute atomic E-state index is 0.0873. The topological polar surface area (TPSA) is 122 Å². The number of piperidine rings is 2. The number of hydrogen-bond acceptors (Lipinski definition) is 6. The quantitative estimate of drug-likeness (QED) is 0.723. The van der Waals surface area contributed by atoms with Crippen LogP contribution >= 0.6 is 0 Å². The predicted octanol–water partition coefficient (Wildman–Crippen LogP) is 0.901. The molecule has 1 aromatic rings. The van der Waals surface area contributed by atoms with Gasteiger partial charge in [-0.1, -0.05) is 6.42 Å². The molecule has 3 heterocycles. The first-order valence-electron chi connectivity index (χ1n) is 10.4. The van der Waals surface area contributed by atoms with Crippen LogP contribution in [0.1, 0.15) is 39.0 Å². The van der Waals surface area contributed by atoms with Gasteiger partial charge in [0.1, 0.15) is 11.3 Å². The van der Waals surface area contributed by atoms with Crippen LogP contribution in [0.3, 0.4) is 0 Å². The van der Waals surface area contributed by atoms with Crippen molar-refractivity contribution in [3.05, 3.63) is 18.2 Å². The molecule has 1 aromatic carbocycles. The zero-order chi connectivity index (χ0) is 21.5. The van der Waals surface area contributed by atoms with Gasteiger partial charge in [-0.3, -0.25) is 14.5 Å². The number of amides is 2. The summed E-state index contributed by atoms with van der Waals surface area (Å²) in [5, 5.41) is 2.68. The minimum atomic E-state index is -3.78. The number of carbonyl (C=O) groups is 2. The summed E-state index contributed by atoms with van der Waals surface area (Å²) in [7, 11) is -3.78. The van der Waals surface area contributed by atoms with Crippen LogP contribution in [0.25, 0.3) is 0 Å². The van der Waals surface area contributed by atoms with Gasteiger partial charge in [-0.15, -0.1) is 0 Å². The number of nitrogens with one attached hydrogen (secondary N) is 1. The van der Waals surface area contributed by atoms with Crippen LogP contribution in [-0.2, 0) is 19.6 Å². The number of nitrogens with two attached hydrogens (primary N) is 1. The van der Waals surface area contributed by atoms with Crippen LogP contribution in [0, 0.1) is 0 Å². The van der Waals surface area contributed by atoms with Gasteiger partial charge in [0, 0.05) is 13.1 Å². The van der Waals surface area contributed by atoms with Crippen molar-refractivity contribution in [3.8, 4) is 5.75 Å². The summed E-state index contributed by atoms with van der Waals surface area (Å²) in [6, 6.07) is 4.47. The molecule has 3 aliphatic heterocycles. The molecule has 0 aromatic heterocycles. The lowest BCUT2D eigenvalue weighted by atomic mass is 9.84. The van der Waals surface area contributed by atoms with E-state index in [-0.39, 0.29) is 29.8 Å². The Bertz CT molecular complexity index is 950. The van der Waals surface area contributed by atoms with Crippen molar-refractivity contribution in [1.29, 1.82) is 0 Å². The number of rotatable bonds is 4. The zero-order valence-electron chi connectivity index (χ0n) is 17.1. The van der Waals surface area contributed by atoms with Crippen molar-refractivity contribution in [1.82, 2.24) is 9.21 Å². The number of benzene rings is 1. The molecule has 2 saturated heterocycles. The lowest BCUT2D eigenvalue weighted by Gasteiger charge is -2.47. The van der Waals surface area contributed by atoms with Crippen LogP contribution < -0.4 is 15.8 Å². The normalized spacial score (nSPS) is 25.1. The third-order valence-electron chi connectivity index (χ3n) is 6.49. The summed E-state index contributed by atoms with van der Waals surface area (Å²) >= 11 is 0. The van der Waals surface area contributed by atoms with Crippen LogP contribution in [-0.4, -0.2) is 67.3 Å². The van der Waals surface area contributed by atoms with Gasteiger partial charge < -0.3 is 15.8 Å². The Kier molecular flexibility index (Phi) is 5.50. The maximum absolute atomic E-state index is 13.2. The van der Waals surface area contributed by atoms with Crippen molar-refractivity contribution >= 4 is 27.5 Å². The molecule has 3 aliphatic rings. The lowest BCUT2D eigenvalue weighted by molar-refractivity contribution is -0.134. The fourth-order valence-corrected chi connectivity index (χ4v) is 6.10. The van der Waals surface area contributed by atoms with Gasteiger partial charge >= 0.3 is 0 Å². The van der Waals surface area contributed by atoms with Crippen molar-refractivity contribution < 1.29 is 22.7 Å². The van der Waals surface area contributed by atoms with Crippen molar-refractivity contribution in [2.45, 2.75) is 55.6 Å². The molecule has 1 atom stereocenters. The molecule has 2 fully saturated rings. The summed E-state index contributed by atoms with van der Waals surface area (Å²) in [5.41, 5.74) is 5.36. The van der Waals surface area contributed by atoms with E-state index in [1.54, 1.807) is 13.0 Å². The average Bonchev–Trinajstić information content (AvgIpc) is 2.74. The van der Waals surface area contributed by atoms with Gasteiger partial charge in [-0.05, 0) is 63.9 Å². The Morgan fingerprint density at radius 3 is 2.47 bits per heavy atom. The number of anilines is 1. The Morgan fingerprint density at radius 1 is 1.17 bits per heavy atom. The third-order valence-corrected chi connectivity index (χ3v) is 8.38. The fraction of sp³-hybridized carbons (Fsp3) is 0.600. The third kappa shape index (κ3) is 3.57. The second-order valence-electron chi connectivity index (χ2n) is 8.25. The molecular formula is C20H28N4O5S. The van der Waals surface area contributed by atoms with Gasteiger partial charge in [0.15, 0.2) is 6.10 Å². The smallest absolute Gasteiger partial charge is 0.265 e. The van der Waals surface area contributed by atoms with Crippen LogP contribution in [0.4, 0.5) is 5.69 Å². The highest BCUT2D eigenvalue weighted by Crippen LogP contribution is 2.36. The van der Waals surface area contributed by atoms with Crippen molar-refractivity contribution in [3.63, 3.8) is 0 Å². The van der Waals surface area contributed by atoms with Gasteiger partial charge in [0.2, 0.25) is 15.9 Å². The standard InChI is InChI=1S/C20H28N4O5S/c1-14-18(25)22-16-13-15(5-6-17(16)29-14)30(27,28)24-11-7-20(8-12-24,19(21)26)23-9-3-2-4-10-23/h5-6,13-14H,2-4,7-12H2,1H3,(H2,21,26)(H,22,25)/t14-/m0/s1. The second-order valence-corrected chi connectivity index (χ2v) is 10.2. The van der Waals surface area contributed by atoms with Crippen LogP contribution in [0.2, 0.25) is 0 Å². The van der Waals surface area contributed by atoms with E-state index in [2.05, 4.69) is 10.2 Å². The Balaban J connectivity index is 1.53. The first-order valence-corrected chi connectivity index (χ1v) is 11.8. The Labute approximate surface area is 176 Å². The number of hydrogen-bond donors (Lipinski definition) is 2. The van der Waals surface area contributed by atoms with Gasteiger partial charge in [0.25, 0.3) is 5.91 Å². The SMILES string of the molecule is C[C@@H]1Oc2ccc(S(=O)(=O)N3CCC(C(N)=O)(N4CCCCC4)CC3)cc2NC1=O. The zero-order valence-corrected chi connectivity index (χ0v) is 17.9. The predicted molar refractivity (Wildman–Crippen MR) is 111 cm³/mol. The molecule has 4 rings (SSSR count). The molecule has 0 radical (unpaired) electrons. The van der Waals surface area contributed by atoms with Gasteiger partial charge in [-0.2, -0.15) is 4.31 Å². The van der Waals surface area contributed by atoms with Crippen molar-refractivity contribution in [2.75, 3.05) is 31.5 Å². The number of nitrogens with zero attached hydrogens (tertiary/aromatic N) is 2. The van der Waals surface area contributed by atoms with E-state index in [0.29, 0.717) is 24.3 Å². The largest absolute Gasteiger partial charge is 0.479 e. The van der Waals surface area contributed by atoms with E-state index in [4.69, 9.17) is 10.5 Å². The number of ether oxygens (including phenoxy) is 1. The number of primary amides is 1. The first kappa shape index (κ1) is 21.1. The molecule has 30 heavy (non-hydrogen) atoms. The van der Waals surface area contributed by atoms with Gasteiger partial charge in [-0.25, -0.2) is 8.42 Å². The molecule has 164 valence electrons. The number of fused-ring (bicyclic) bond motifs is 1. The maximum Gasteiger partial charge on any atom is 0.265 e. The molecule has 3 N–H and O–H groups in total. The van der Waals surface area contributed by atoms with E-state index in [9.17, 15) is 18.0 Å². The Hall–Kier alpha value is -2.17. The van der Waals surface area contributed by atoms with E-state index in [1.807, 2.05) is 0 Å². The molecule has 0 spiro atoms. The summed E-state index contributed by atoms with van der Waals surface area (Å²) in [4.78, 5) is 26.5. The highest BCUT2D eigenvalue weighted by atomic mass is 32.2. The minimum Gasteiger partial charge on any atom is -0.479 e. The average molecular weight is 437 g/mol. The van der Waals surface area contributed by atoms with Gasteiger partial charge in [0.05, 0.1) is 10.6 Å². The Morgan fingerprint density at radius 2 is 1.83 bits per heavy atom. The highest BCUT2D eigenvalue weighted by Gasteiger charge is 2.47. The van der Waals surface area contributed by atoms with Crippen LogP contribution in [0.5, 0.6) is 5.75 Å². The summed E-state index contributed by atoms with van der Waals surface area (Å²) in [5.74, 6) is -0.246. The molecule has 10 heteroatoms. The molecular weight excluding hydrogens is 408 g/mol. The first-order chi connectivity index (χ1) is 14.2. The molecule has 2 amide bonds. The molecule has 9 nitrogen and oxygen atoms in total. The molecule has 0 aliphatic carbocycles. The molecule has 0 bridgehead atoms. The highest BCUT2D eigenvalue weighted by molar-refractivity contribution is 7.89. The number of carbonyl (C=O) groups excluding carboxylic acids is 2. The fourth-order valence-electron chi connectivity index (χ4n) is 4.63. The van der Waals surface area contributed by atoms with E-state index in [1.165, 1.54) is 16.4 Å². The van der Waals surface area contributed by atoms with E-state index < -0.39 is 21.7 Å². The van der Waals surface area contributed by atoms with E-state index in [0.717, 1.165) is 32.4 Å². The lowest BCUT2D eigenvalue weighted by Crippen LogP contribution is -2.63.